The molecule has 1 aromatic carbocycles. The Balaban J connectivity index is 2.27. The summed E-state index contributed by atoms with van der Waals surface area (Å²) in [5.41, 5.74) is 5.81. The highest BCUT2D eigenvalue weighted by atomic mass is 32.2. The molecular formula is C11H13F2NOS. The molecule has 0 radical (unpaired) electrons. The number of rotatable bonds is 2. The highest BCUT2D eigenvalue weighted by Crippen LogP contribution is 2.27. The normalized spacial score (nSPS) is 26.9. The van der Waals surface area contributed by atoms with Crippen molar-refractivity contribution in [2.24, 2.45) is 5.73 Å². The van der Waals surface area contributed by atoms with E-state index >= 15 is 0 Å². The van der Waals surface area contributed by atoms with Gasteiger partial charge < -0.3 is 5.73 Å². The van der Waals surface area contributed by atoms with Crippen molar-refractivity contribution in [2.75, 3.05) is 0 Å². The van der Waals surface area contributed by atoms with E-state index in [2.05, 4.69) is 0 Å². The topological polar surface area (TPSA) is 43.1 Å². The van der Waals surface area contributed by atoms with Gasteiger partial charge in [-0.1, -0.05) is 6.42 Å². The lowest BCUT2D eigenvalue weighted by atomic mass is 10.3. The van der Waals surface area contributed by atoms with Crippen LogP contribution in [-0.4, -0.2) is 15.5 Å². The number of benzene rings is 1. The Bertz CT molecular complexity index is 424. The SMILES string of the molecule is NC1CCCC1S(=O)c1ccc(F)cc1F. The summed E-state index contributed by atoms with van der Waals surface area (Å²) >= 11 is 0. The maximum Gasteiger partial charge on any atom is 0.142 e. The number of hydrogen-bond acceptors (Lipinski definition) is 2. The fourth-order valence-corrected chi connectivity index (χ4v) is 3.64. The Hall–Kier alpha value is -0.810. The van der Waals surface area contributed by atoms with Crippen molar-refractivity contribution in [1.29, 1.82) is 0 Å². The molecule has 0 aromatic heterocycles. The molecule has 0 spiro atoms. The third-order valence-corrected chi connectivity index (χ3v) is 4.79. The zero-order valence-corrected chi connectivity index (χ0v) is 9.47. The fraction of sp³-hybridized carbons (Fsp3) is 0.455. The van der Waals surface area contributed by atoms with E-state index < -0.39 is 22.4 Å². The zero-order chi connectivity index (χ0) is 11.7. The molecule has 0 heterocycles. The second kappa shape index (κ2) is 4.59. The Labute approximate surface area is 95.3 Å². The molecule has 1 saturated carbocycles. The Morgan fingerprint density at radius 1 is 1.31 bits per heavy atom. The van der Waals surface area contributed by atoms with Gasteiger partial charge in [-0.2, -0.15) is 0 Å². The molecule has 0 bridgehead atoms. The van der Waals surface area contributed by atoms with E-state index in [-0.39, 0.29) is 16.2 Å². The van der Waals surface area contributed by atoms with Gasteiger partial charge >= 0.3 is 0 Å². The number of halogens is 2. The lowest BCUT2D eigenvalue weighted by Gasteiger charge is -2.15. The summed E-state index contributed by atoms with van der Waals surface area (Å²) in [6.07, 6.45) is 2.48. The van der Waals surface area contributed by atoms with Gasteiger partial charge in [0, 0.05) is 12.1 Å². The molecule has 2 rings (SSSR count). The Morgan fingerprint density at radius 2 is 2.06 bits per heavy atom. The van der Waals surface area contributed by atoms with Gasteiger partial charge in [0.2, 0.25) is 0 Å². The van der Waals surface area contributed by atoms with Crippen LogP contribution in [0.3, 0.4) is 0 Å². The monoisotopic (exact) mass is 245 g/mol. The summed E-state index contributed by atoms with van der Waals surface area (Å²) in [5.74, 6) is -1.41. The van der Waals surface area contributed by atoms with Gasteiger partial charge in [0.15, 0.2) is 0 Å². The second-order valence-corrected chi connectivity index (χ2v) is 5.65. The molecule has 3 atom stereocenters. The minimum Gasteiger partial charge on any atom is -0.327 e. The molecule has 88 valence electrons. The zero-order valence-electron chi connectivity index (χ0n) is 8.66. The summed E-state index contributed by atoms with van der Waals surface area (Å²) in [6, 6.07) is 2.97. The van der Waals surface area contributed by atoms with Crippen LogP contribution in [0, 0.1) is 11.6 Å². The van der Waals surface area contributed by atoms with Crippen molar-refractivity contribution >= 4 is 10.8 Å². The van der Waals surface area contributed by atoms with Crippen molar-refractivity contribution in [3.05, 3.63) is 29.8 Å². The van der Waals surface area contributed by atoms with Crippen LogP contribution < -0.4 is 5.73 Å². The second-order valence-electron chi connectivity index (χ2n) is 4.01. The molecule has 5 heteroatoms. The molecule has 1 aliphatic rings. The maximum absolute atomic E-state index is 13.4. The third kappa shape index (κ3) is 2.15. The molecule has 0 saturated heterocycles. The van der Waals surface area contributed by atoms with Gasteiger partial charge in [-0.15, -0.1) is 0 Å². The highest BCUT2D eigenvalue weighted by Gasteiger charge is 2.31. The van der Waals surface area contributed by atoms with E-state index in [0.29, 0.717) is 0 Å². The first kappa shape index (κ1) is 11.7. The predicted octanol–water partition coefficient (Wildman–Crippen LogP) is 1.95. The molecule has 3 unspecified atom stereocenters. The van der Waals surface area contributed by atoms with E-state index in [4.69, 9.17) is 5.73 Å². The van der Waals surface area contributed by atoms with E-state index in [1.807, 2.05) is 0 Å². The molecule has 1 fully saturated rings. The van der Waals surface area contributed by atoms with E-state index in [0.717, 1.165) is 31.4 Å². The first-order valence-corrected chi connectivity index (χ1v) is 6.42. The van der Waals surface area contributed by atoms with Crippen LogP contribution in [0.4, 0.5) is 8.78 Å². The van der Waals surface area contributed by atoms with E-state index in [1.165, 1.54) is 6.07 Å². The lowest BCUT2D eigenvalue weighted by molar-refractivity contribution is 0.560. The largest absolute Gasteiger partial charge is 0.327 e. The lowest BCUT2D eigenvalue weighted by Crippen LogP contribution is -2.32. The van der Waals surface area contributed by atoms with Crippen molar-refractivity contribution in [2.45, 2.75) is 35.4 Å². The molecule has 1 aromatic rings. The van der Waals surface area contributed by atoms with Crippen LogP contribution in [0.15, 0.2) is 23.1 Å². The van der Waals surface area contributed by atoms with Crippen molar-refractivity contribution in [3.63, 3.8) is 0 Å². The predicted molar refractivity (Wildman–Crippen MR) is 58.4 cm³/mol. The van der Waals surface area contributed by atoms with Gasteiger partial charge in [-0.25, -0.2) is 8.78 Å². The first-order valence-electron chi connectivity index (χ1n) is 5.21. The minimum absolute atomic E-state index is 0.0590. The van der Waals surface area contributed by atoms with Crippen LogP contribution in [-0.2, 0) is 10.8 Å². The van der Waals surface area contributed by atoms with E-state index in [1.54, 1.807) is 0 Å². The van der Waals surface area contributed by atoms with Gasteiger partial charge in [-0.05, 0) is 25.0 Å². The average Bonchev–Trinajstić information content (AvgIpc) is 2.63. The molecule has 0 amide bonds. The molecule has 0 aliphatic heterocycles. The molecule has 2 nitrogen and oxygen atoms in total. The molecule has 2 N–H and O–H groups in total. The maximum atomic E-state index is 13.4. The van der Waals surface area contributed by atoms with Crippen molar-refractivity contribution < 1.29 is 13.0 Å². The number of nitrogens with two attached hydrogens (primary N) is 1. The van der Waals surface area contributed by atoms with Crippen LogP contribution in [0.25, 0.3) is 0 Å². The number of hydrogen-bond donors (Lipinski definition) is 1. The van der Waals surface area contributed by atoms with Gasteiger partial charge in [0.05, 0.1) is 20.9 Å². The summed E-state index contributed by atoms with van der Waals surface area (Å²) in [5, 5.41) is -0.208. The molecular weight excluding hydrogens is 232 g/mol. The summed E-state index contributed by atoms with van der Waals surface area (Å²) in [6.45, 7) is 0. The van der Waals surface area contributed by atoms with Crippen LogP contribution in [0.1, 0.15) is 19.3 Å². The van der Waals surface area contributed by atoms with Gasteiger partial charge in [-0.3, -0.25) is 4.21 Å². The highest BCUT2D eigenvalue weighted by molar-refractivity contribution is 7.85. The van der Waals surface area contributed by atoms with E-state index in [9.17, 15) is 13.0 Å². The average molecular weight is 245 g/mol. The Morgan fingerprint density at radius 3 is 2.62 bits per heavy atom. The van der Waals surface area contributed by atoms with Gasteiger partial charge in [0.25, 0.3) is 0 Å². The summed E-state index contributed by atoms with van der Waals surface area (Å²) in [7, 11) is -1.48. The molecule has 16 heavy (non-hydrogen) atoms. The van der Waals surface area contributed by atoms with Crippen LogP contribution >= 0.6 is 0 Å². The molecule has 1 aliphatic carbocycles. The fourth-order valence-electron chi connectivity index (χ4n) is 2.02. The quantitative estimate of drug-likeness (QED) is 0.865. The standard InChI is InChI=1S/C11H13F2NOS/c12-7-4-5-10(8(13)6-7)16(15)11-3-1-2-9(11)14/h4-6,9,11H,1-3,14H2. The van der Waals surface area contributed by atoms with Crippen LogP contribution in [0.5, 0.6) is 0 Å². The Kier molecular flexibility index (Phi) is 3.35. The van der Waals surface area contributed by atoms with Crippen molar-refractivity contribution in [1.82, 2.24) is 0 Å². The first-order chi connectivity index (χ1) is 7.59. The van der Waals surface area contributed by atoms with Crippen LogP contribution in [0.2, 0.25) is 0 Å². The summed E-state index contributed by atoms with van der Waals surface area (Å²) < 4.78 is 38.2. The smallest absolute Gasteiger partial charge is 0.142 e. The summed E-state index contributed by atoms with van der Waals surface area (Å²) in [4.78, 5) is 0.0590. The third-order valence-electron chi connectivity index (χ3n) is 2.89. The van der Waals surface area contributed by atoms with Gasteiger partial charge in [0.1, 0.15) is 11.6 Å². The minimum atomic E-state index is -1.48. The van der Waals surface area contributed by atoms with Crippen molar-refractivity contribution in [3.8, 4) is 0 Å².